The van der Waals surface area contributed by atoms with Crippen LogP contribution < -0.4 is 21.3 Å². The summed E-state index contributed by atoms with van der Waals surface area (Å²) in [6.07, 6.45) is 4.68. The number of nitrogens with zero attached hydrogens (tertiary/aromatic N) is 4. The number of hydrogen-bond acceptors (Lipinski definition) is 8. The average molecular weight is 433 g/mol. The molecule has 0 spiro atoms. The highest BCUT2D eigenvalue weighted by atomic mass is 15.2. The van der Waals surface area contributed by atoms with E-state index >= 15 is 0 Å². The highest BCUT2D eigenvalue weighted by Crippen LogP contribution is 2.21. The smallest absolute Gasteiger partial charge is 0.227 e. The molecule has 0 saturated carbocycles. The maximum atomic E-state index is 4.69. The second-order valence-corrected chi connectivity index (χ2v) is 7.93. The summed E-state index contributed by atoms with van der Waals surface area (Å²) >= 11 is 0. The zero-order valence-corrected chi connectivity index (χ0v) is 18.6. The Balaban J connectivity index is 1.38. The predicted octanol–water partition coefficient (Wildman–Crippen LogP) is 2.71. The number of piperazine rings is 1. The first-order chi connectivity index (χ1) is 15.8. The summed E-state index contributed by atoms with van der Waals surface area (Å²) < 4.78 is 0. The first kappa shape index (κ1) is 22.1. The number of anilines is 3. The topological polar surface area (TPSA) is 90.0 Å². The minimum absolute atomic E-state index is 0.580. The van der Waals surface area contributed by atoms with Crippen molar-refractivity contribution in [2.24, 2.45) is 0 Å². The van der Waals surface area contributed by atoms with Gasteiger partial charge in [-0.25, -0.2) is 15.0 Å². The van der Waals surface area contributed by atoms with E-state index < -0.39 is 0 Å². The minimum atomic E-state index is 0.580. The van der Waals surface area contributed by atoms with Gasteiger partial charge in [-0.1, -0.05) is 12.1 Å². The molecule has 2 aromatic heterocycles. The molecule has 32 heavy (non-hydrogen) atoms. The molecule has 0 bridgehead atoms. The molecule has 0 radical (unpaired) electrons. The fourth-order valence-electron chi connectivity index (χ4n) is 3.72. The molecule has 1 fully saturated rings. The molecule has 0 amide bonds. The number of rotatable bonds is 10. The van der Waals surface area contributed by atoms with Crippen molar-refractivity contribution in [2.45, 2.75) is 13.0 Å². The van der Waals surface area contributed by atoms with Crippen LogP contribution in [-0.2, 0) is 6.54 Å². The second kappa shape index (κ2) is 11.5. The lowest BCUT2D eigenvalue weighted by Gasteiger charge is -2.27. The zero-order chi connectivity index (χ0) is 22.0. The monoisotopic (exact) mass is 432 g/mol. The molecule has 0 unspecified atom stereocenters. The van der Waals surface area contributed by atoms with Crippen molar-refractivity contribution < 1.29 is 0 Å². The summed E-state index contributed by atoms with van der Waals surface area (Å²) in [6.45, 7) is 7.12. The average Bonchev–Trinajstić information content (AvgIpc) is 2.83. The molecular weight excluding hydrogens is 400 g/mol. The van der Waals surface area contributed by atoms with Crippen LogP contribution in [-0.4, -0.2) is 66.2 Å². The summed E-state index contributed by atoms with van der Waals surface area (Å²) in [5, 5.41) is 13.2. The van der Waals surface area contributed by atoms with Crippen LogP contribution in [0.15, 0.2) is 54.9 Å². The number of aromatic nitrogens is 3. The third kappa shape index (κ3) is 6.46. The molecule has 1 aromatic carbocycles. The second-order valence-electron chi connectivity index (χ2n) is 7.93. The van der Waals surface area contributed by atoms with Gasteiger partial charge in [0.25, 0.3) is 0 Å². The first-order valence-electron chi connectivity index (χ1n) is 11.3. The first-order valence-corrected chi connectivity index (χ1v) is 11.3. The summed E-state index contributed by atoms with van der Waals surface area (Å²) in [7, 11) is 1.96. The Morgan fingerprint density at radius 1 is 1.03 bits per heavy atom. The SMILES string of the molecule is CNCCCNc1ccc(-c2ccnc(Nc3cccc(CN4CCNCC4)c3)n2)cn1. The van der Waals surface area contributed by atoms with E-state index in [1.54, 1.807) is 6.20 Å². The fourth-order valence-corrected chi connectivity index (χ4v) is 3.72. The maximum Gasteiger partial charge on any atom is 0.227 e. The Labute approximate surface area is 189 Å². The van der Waals surface area contributed by atoms with Crippen molar-refractivity contribution in [3.8, 4) is 11.3 Å². The van der Waals surface area contributed by atoms with Gasteiger partial charge >= 0.3 is 0 Å². The molecule has 8 heteroatoms. The molecule has 0 aliphatic carbocycles. The van der Waals surface area contributed by atoms with E-state index in [9.17, 15) is 0 Å². The van der Waals surface area contributed by atoms with Gasteiger partial charge in [0, 0.05) is 62.9 Å². The van der Waals surface area contributed by atoms with Gasteiger partial charge in [0.15, 0.2) is 0 Å². The van der Waals surface area contributed by atoms with Crippen LogP contribution in [0, 0.1) is 0 Å². The number of benzene rings is 1. The van der Waals surface area contributed by atoms with E-state index in [1.807, 2.05) is 37.5 Å². The molecule has 0 atom stereocenters. The maximum absolute atomic E-state index is 4.69. The van der Waals surface area contributed by atoms with Crippen LogP contribution in [0.4, 0.5) is 17.5 Å². The van der Waals surface area contributed by atoms with Crippen molar-refractivity contribution in [1.82, 2.24) is 30.5 Å². The van der Waals surface area contributed by atoms with Gasteiger partial charge in [0.1, 0.15) is 5.82 Å². The van der Waals surface area contributed by atoms with Gasteiger partial charge in [-0.3, -0.25) is 4.90 Å². The van der Waals surface area contributed by atoms with Gasteiger partial charge in [-0.15, -0.1) is 0 Å². The highest BCUT2D eigenvalue weighted by molar-refractivity contribution is 5.62. The minimum Gasteiger partial charge on any atom is -0.370 e. The van der Waals surface area contributed by atoms with Crippen molar-refractivity contribution in [1.29, 1.82) is 0 Å². The van der Waals surface area contributed by atoms with Gasteiger partial charge in [0.05, 0.1) is 5.69 Å². The van der Waals surface area contributed by atoms with Gasteiger partial charge in [0.2, 0.25) is 5.95 Å². The molecule has 4 N–H and O–H groups in total. The largest absolute Gasteiger partial charge is 0.370 e. The summed E-state index contributed by atoms with van der Waals surface area (Å²) in [6, 6.07) is 14.4. The quantitative estimate of drug-likeness (QED) is 0.364. The van der Waals surface area contributed by atoms with Gasteiger partial charge in [-0.05, 0) is 55.9 Å². The lowest BCUT2D eigenvalue weighted by Crippen LogP contribution is -2.42. The molecule has 3 heterocycles. The van der Waals surface area contributed by atoms with Crippen molar-refractivity contribution in [3.63, 3.8) is 0 Å². The van der Waals surface area contributed by atoms with Crippen molar-refractivity contribution in [3.05, 3.63) is 60.4 Å². The Kier molecular flexibility index (Phi) is 7.97. The highest BCUT2D eigenvalue weighted by Gasteiger charge is 2.10. The fraction of sp³-hybridized carbons (Fsp3) is 0.375. The van der Waals surface area contributed by atoms with Crippen molar-refractivity contribution in [2.75, 3.05) is 56.9 Å². The van der Waals surface area contributed by atoms with Crippen LogP contribution in [0.3, 0.4) is 0 Å². The van der Waals surface area contributed by atoms with Crippen LogP contribution in [0.2, 0.25) is 0 Å². The predicted molar refractivity (Wildman–Crippen MR) is 130 cm³/mol. The molecule has 8 nitrogen and oxygen atoms in total. The lowest BCUT2D eigenvalue weighted by atomic mass is 10.1. The van der Waals surface area contributed by atoms with Crippen molar-refractivity contribution >= 4 is 17.5 Å². The normalized spacial score (nSPS) is 14.3. The number of pyridine rings is 1. The zero-order valence-electron chi connectivity index (χ0n) is 18.6. The Bertz CT molecular complexity index is 970. The summed E-state index contributed by atoms with van der Waals surface area (Å²) in [5.41, 5.74) is 4.08. The molecule has 1 saturated heterocycles. The number of hydrogen-bond donors (Lipinski definition) is 4. The Hall–Kier alpha value is -3.07. The van der Waals surface area contributed by atoms with E-state index in [1.165, 1.54) is 5.56 Å². The third-order valence-electron chi connectivity index (χ3n) is 5.42. The molecular formula is C24H32N8. The van der Waals surface area contributed by atoms with Crippen LogP contribution >= 0.6 is 0 Å². The molecule has 168 valence electrons. The van der Waals surface area contributed by atoms with E-state index in [-0.39, 0.29) is 0 Å². The summed E-state index contributed by atoms with van der Waals surface area (Å²) in [4.78, 5) is 16.1. The van der Waals surface area contributed by atoms with E-state index in [0.717, 1.165) is 75.0 Å². The number of nitrogens with one attached hydrogen (secondary N) is 4. The Morgan fingerprint density at radius 3 is 2.75 bits per heavy atom. The Morgan fingerprint density at radius 2 is 1.94 bits per heavy atom. The van der Waals surface area contributed by atoms with Crippen LogP contribution in [0.25, 0.3) is 11.3 Å². The molecule has 4 rings (SSSR count). The van der Waals surface area contributed by atoms with Gasteiger partial charge < -0.3 is 21.3 Å². The molecule has 1 aliphatic heterocycles. The molecule has 3 aromatic rings. The third-order valence-corrected chi connectivity index (χ3v) is 5.42. The molecule has 1 aliphatic rings. The summed E-state index contributed by atoms with van der Waals surface area (Å²) in [5.74, 6) is 1.45. The van der Waals surface area contributed by atoms with Crippen LogP contribution in [0.1, 0.15) is 12.0 Å². The van der Waals surface area contributed by atoms with Crippen LogP contribution in [0.5, 0.6) is 0 Å². The van der Waals surface area contributed by atoms with E-state index in [0.29, 0.717) is 5.95 Å². The van der Waals surface area contributed by atoms with E-state index in [2.05, 4.69) is 54.3 Å². The standard InChI is InChI=1S/C24H32N8/c1-25-9-3-10-27-23-7-6-20(17-29-23)22-8-11-28-24(31-22)30-21-5-2-4-19(16-21)18-32-14-12-26-13-15-32/h2,4-8,11,16-17,25-26H,3,9-10,12-15,18H2,1H3,(H,27,29)(H,28,30,31). The van der Waals surface area contributed by atoms with E-state index in [4.69, 9.17) is 4.98 Å². The lowest BCUT2D eigenvalue weighted by molar-refractivity contribution is 0.233. The van der Waals surface area contributed by atoms with Gasteiger partial charge in [-0.2, -0.15) is 0 Å².